The monoisotopic (exact) mass is 438 g/mol. The molecule has 0 amide bonds. The summed E-state index contributed by atoms with van der Waals surface area (Å²) in [7, 11) is 0. The van der Waals surface area contributed by atoms with Crippen molar-refractivity contribution < 1.29 is 9.18 Å². The molecule has 172 valence electrons. The van der Waals surface area contributed by atoms with E-state index in [1.807, 2.05) is 18.5 Å². The van der Waals surface area contributed by atoms with Crippen LogP contribution < -0.4 is 4.90 Å². The predicted octanol–water partition coefficient (Wildman–Crippen LogP) is 4.94. The minimum atomic E-state index is -1.20. The number of carbonyl (C=O) groups excluding carboxylic acids is 1. The molecule has 0 aliphatic carbocycles. The number of piperazine rings is 1. The third-order valence-electron chi connectivity index (χ3n) is 5.96. The van der Waals surface area contributed by atoms with Crippen LogP contribution in [-0.2, 0) is 11.3 Å². The largest absolute Gasteiger partial charge is 0.367 e. The van der Waals surface area contributed by atoms with Gasteiger partial charge in [-0.1, -0.05) is 25.3 Å². The van der Waals surface area contributed by atoms with Gasteiger partial charge in [-0.05, 0) is 52.3 Å². The zero-order chi connectivity index (χ0) is 23.6. The maximum atomic E-state index is 14.2. The number of hydrogen-bond acceptors (Lipinski definition) is 4. The third kappa shape index (κ3) is 5.74. The summed E-state index contributed by atoms with van der Waals surface area (Å²) < 4.78 is 16.3. The lowest BCUT2D eigenvalue weighted by molar-refractivity contribution is -0.113. The summed E-state index contributed by atoms with van der Waals surface area (Å²) >= 11 is 0. The first-order valence-electron chi connectivity index (χ1n) is 11.1. The number of fused-ring (bicyclic) bond motifs is 1. The van der Waals surface area contributed by atoms with E-state index < -0.39 is 5.67 Å². The highest BCUT2D eigenvalue weighted by molar-refractivity contribution is 5.95. The third-order valence-corrected chi connectivity index (χ3v) is 5.96. The molecule has 0 N–H and O–H groups in total. The van der Waals surface area contributed by atoms with Crippen LogP contribution in [0.5, 0.6) is 0 Å². The molecular weight excluding hydrogens is 403 g/mol. The van der Waals surface area contributed by atoms with Crippen LogP contribution in [0.25, 0.3) is 11.0 Å². The lowest BCUT2D eigenvalue weighted by atomic mass is 10.0. The second kappa shape index (κ2) is 9.41. The molecule has 3 heterocycles. The Morgan fingerprint density at radius 2 is 1.91 bits per heavy atom. The molecule has 1 saturated heterocycles. The van der Waals surface area contributed by atoms with Gasteiger partial charge in [0.1, 0.15) is 11.3 Å². The smallest absolute Gasteiger partial charge is 0.159 e. The number of nitrogens with zero attached hydrogens (tertiary/aromatic N) is 4. The molecule has 0 spiro atoms. The van der Waals surface area contributed by atoms with E-state index in [9.17, 15) is 9.18 Å². The second-order valence-electron chi connectivity index (χ2n) is 9.62. The van der Waals surface area contributed by atoms with Crippen molar-refractivity contribution in [3.05, 3.63) is 61.0 Å². The lowest BCUT2D eigenvalue weighted by Gasteiger charge is -2.46. The molecule has 0 bridgehead atoms. The molecule has 2 atom stereocenters. The van der Waals surface area contributed by atoms with Crippen molar-refractivity contribution in [2.45, 2.75) is 58.9 Å². The van der Waals surface area contributed by atoms with Crippen LogP contribution in [0.1, 0.15) is 34.6 Å². The van der Waals surface area contributed by atoms with E-state index in [1.165, 1.54) is 6.92 Å². The van der Waals surface area contributed by atoms with Gasteiger partial charge in [0.25, 0.3) is 0 Å². The zero-order valence-electron chi connectivity index (χ0n) is 19.9. The van der Waals surface area contributed by atoms with Gasteiger partial charge in [-0.3, -0.25) is 9.69 Å². The number of allylic oxidation sites excluding steroid dienone is 4. The number of alkyl halides is 1. The summed E-state index contributed by atoms with van der Waals surface area (Å²) in [6.45, 7) is 19.7. The van der Waals surface area contributed by atoms with Crippen LogP contribution in [0.2, 0.25) is 0 Å². The number of aromatic nitrogens is 2. The Morgan fingerprint density at radius 3 is 2.50 bits per heavy atom. The minimum Gasteiger partial charge on any atom is -0.367 e. The van der Waals surface area contributed by atoms with Crippen molar-refractivity contribution in [2.24, 2.45) is 0 Å². The van der Waals surface area contributed by atoms with Gasteiger partial charge in [0.15, 0.2) is 5.78 Å². The highest BCUT2D eigenvalue weighted by atomic mass is 19.1. The van der Waals surface area contributed by atoms with E-state index in [2.05, 4.69) is 53.5 Å². The topological polar surface area (TPSA) is 41.4 Å². The average Bonchev–Trinajstić information content (AvgIpc) is 3.09. The predicted molar refractivity (Wildman–Crippen MR) is 131 cm³/mol. The van der Waals surface area contributed by atoms with Crippen LogP contribution in [0, 0.1) is 0 Å². The van der Waals surface area contributed by atoms with E-state index in [0.29, 0.717) is 18.7 Å². The molecule has 0 aromatic carbocycles. The van der Waals surface area contributed by atoms with E-state index >= 15 is 0 Å². The number of pyridine rings is 1. The molecule has 2 aromatic heterocycles. The SMILES string of the molecule is C=C(/C=C\C(=C)C(C)=O)Cn1ccc2cc(N3C[C@@H](C)N(CC(C)(C)F)[C@@H](C)C3)cnc21. The van der Waals surface area contributed by atoms with Crippen molar-refractivity contribution in [2.75, 3.05) is 24.5 Å². The lowest BCUT2D eigenvalue weighted by Crippen LogP contribution is -2.59. The normalized spacial score (nSPS) is 20.2. The van der Waals surface area contributed by atoms with Crippen LogP contribution in [0.15, 0.2) is 61.0 Å². The summed E-state index contributed by atoms with van der Waals surface area (Å²) in [4.78, 5) is 20.6. The molecule has 0 saturated carbocycles. The number of Topliss-reactive ketones (excluding diaryl/α,β-unsaturated/α-hetero) is 1. The molecule has 6 heteroatoms. The molecule has 1 fully saturated rings. The highest BCUT2D eigenvalue weighted by Gasteiger charge is 2.33. The van der Waals surface area contributed by atoms with E-state index in [-0.39, 0.29) is 17.9 Å². The molecule has 3 rings (SSSR count). The quantitative estimate of drug-likeness (QED) is 0.432. The highest BCUT2D eigenvalue weighted by Crippen LogP contribution is 2.27. The fourth-order valence-electron chi connectivity index (χ4n) is 4.29. The Kier molecular flexibility index (Phi) is 7.03. The maximum absolute atomic E-state index is 14.2. The first-order valence-corrected chi connectivity index (χ1v) is 11.1. The van der Waals surface area contributed by atoms with Crippen molar-refractivity contribution in [3.63, 3.8) is 0 Å². The number of rotatable bonds is 8. The second-order valence-corrected chi connectivity index (χ2v) is 9.62. The number of halogens is 1. The van der Waals surface area contributed by atoms with Gasteiger partial charge in [-0.15, -0.1) is 0 Å². The van der Waals surface area contributed by atoms with E-state index in [1.54, 1.807) is 19.9 Å². The van der Waals surface area contributed by atoms with Crippen molar-refractivity contribution in [1.82, 2.24) is 14.5 Å². The Hall–Kier alpha value is -2.73. The van der Waals surface area contributed by atoms with E-state index in [4.69, 9.17) is 4.98 Å². The summed E-state index contributed by atoms with van der Waals surface area (Å²) in [5.74, 6) is -0.0486. The molecule has 2 aromatic rings. The summed E-state index contributed by atoms with van der Waals surface area (Å²) in [6.07, 6.45) is 7.45. The first kappa shape index (κ1) is 23.9. The van der Waals surface area contributed by atoms with Gasteiger partial charge in [0.05, 0.1) is 11.9 Å². The number of anilines is 1. The number of hydrogen-bond donors (Lipinski definition) is 0. The summed E-state index contributed by atoms with van der Waals surface area (Å²) in [6, 6.07) is 4.75. The molecule has 5 nitrogen and oxygen atoms in total. The Morgan fingerprint density at radius 1 is 1.25 bits per heavy atom. The summed E-state index contributed by atoms with van der Waals surface area (Å²) in [5.41, 5.74) is 2.11. The zero-order valence-corrected chi connectivity index (χ0v) is 19.9. The van der Waals surface area contributed by atoms with Crippen LogP contribution >= 0.6 is 0 Å². The Labute approximate surface area is 190 Å². The molecular formula is C26H35FN4O. The standard InChI is InChI=1S/C26H35FN4O/c1-18(8-9-19(2)22(5)32)14-29-11-10-23-12-24(13-28-25(23)29)30-15-20(3)31(21(4)16-30)17-26(6,7)27/h8-13,20-21H,1-2,14-17H2,3-7H3/b9-8-/t20-,21+. The van der Waals surface area contributed by atoms with Crippen molar-refractivity contribution in [1.29, 1.82) is 0 Å². The number of carbonyl (C=O) groups is 1. The van der Waals surface area contributed by atoms with Gasteiger partial charge in [0, 0.05) is 55.4 Å². The van der Waals surface area contributed by atoms with Gasteiger partial charge in [0.2, 0.25) is 0 Å². The Balaban J connectivity index is 1.72. The van der Waals surface area contributed by atoms with Crippen molar-refractivity contribution >= 4 is 22.5 Å². The number of ketones is 1. The average molecular weight is 439 g/mol. The van der Waals surface area contributed by atoms with Gasteiger partial charge in [-0.2, -0.15) is 0 Å². The molecule has 32 heavy (non-hydrogen) atoms. The van der Waals surface area contributed by atoms with Gasteiger partial charge in [-0.25, -0.2) is 9.37 Å². The Bertz CT molecular complexity index is 1030. The van der Waals surface area contributed by atoms with Gasteiger partial charge < -0.3 is 9.47 Å². The molecule has 0 unspecified atom stereocenters. The fraction of sp³-hybridized carbons (Fsp3) is 0.462. The minimum absolute atomic E-state index is 0.0486. The van der Waals surface area contributed by atoms with Crippen molar-refractivity contribution in [3.8, 4) is 0 Å². The van der Waals surface area contributed by atoms with Crippen LogP contribution in [-0.4, -0.2) is 57.6 Å². The summed E-state index contributed by atoms with van der Waals surface area (Å²) in [5, 5.41) is 1.07. The van der Waals surface area contributed by atoms with E-state index in [0.717, 1.165) is 35.4 Å². The van der Waals surface area contributed by atoms with Crippen LogP contribution in [0.3, 0.4) is 0 Å². The maximum Gasteiger partial charge on any atom is 0.159 e. The molecule has 1 aliphatic rings. The molecule has 1 aliphatic heterocycles. The molecule has 0 radical (unpaired) electrons. The fourth-order valence-corrected chi connectivity index (χ4v) is 4.29. The van der Waals surface area contributed by atoms with Gasteiger partial charge >= 0.3 is 0 Å². The first-order chi connectivity index (χ1) is 14.9. The van der Waals surface area contributed by atoms with Crippen LogP contribution in [0.4, 0.5) is 10.1 Å².